The summed E-state index contributed by atoms with van der Waals surface area (Å²) in [6.45, 7) is 0. The lowest BCUT2D eigenvalue weighted by Crippen LogP contribution is -1.96. The van der Waals surface area contributed by atoms with Gasteiger partial charge in [-0.25, -0.2) is 4.79 Å². The van der Waals surface area contributed by atoms with E-state index in [0.717, 1.165) is 6.08 Å². The van der Waals surface area contributed by atoms with Crippen molar-refractivity contribution in [3.8, 4) is 17.4 Å². The summed E-state index contributed by atoms with van der Waals surface area (Å²) < 4.78 is 5.35. The van der Waals surface area contributed by atoms with E-state index >= 15 is 0 Å². The zero-order valence-electron chi connectivity index (χ0n) is 10.5. The Morgan fingerprint density at radius 2 is 2.05 bits per heavy atom. The summed E-state index contributed by atoms with van der Waals surface area (Å²) in [5, 5.41) is 28.4. The van der Waals surface area contributed by atoms with Crippen LogP contribution in [0.5, 0.6) is 0 Å². The topological polar surface area (TPSA) is 117 Å². The summed E-state index contributed by atoms with van der Waals surface area (Å²) in [7, 11) is 0. The molecule has 0 aliphatic heterocycles. The summed E-state index contributed by atoms with van der Waals surface area (Å²) >= 11 is 0. The second-order valence-electron chi connectivity index (χ2n) is 3.95. The summed E-state index contributed by atoms with van der Waals surface area (Å²) in [4.78, 5) is 21.1. The van der Waals surface area contributed by atoms with Gasteiger partial charge in [0.2, 0.25) is 0 Å². The Kier molecular flexibility index (Phi) is 3.81. The maximum absolute atomic E-state index is 10.9. The van der Waals surface area contributed by atoms with Crippen molar-refractivity contribution in [2.45, 2.75) is 0 Å². The molecule has 7 heteroatoms. The number of hydrogen-bond donors (Lipinski definition) is 1. The second-order valence-corrected chi connectivity index (χ2v) is 3.95. The smallest absolute Gasteiger partial charge is 0.346 e. The fraction of sp³-hybridized carbons (Fsp3) is 0. The first-order chi connectivity index (χ1) is 10.0. The highest BCUT2D eigenvalue weighted by atomic mass is 16.6. The highest BCUT2D eigenvalue weighted by molar-refractivity contribution is 5.96. The van der Waals surface area contributed by atoms with E-state index < -0.39 is 16.5 Å². The molecule has 0 aliphatic carbocycles. The molecule has 2 rings (SSSR count). The Balaban J connectivity index is 2.45. The van der Waals surface area contributed by atoms with Crippen molar-refractivity contribution in [2.75, 3.05) is 0 Å². The van der Waals surface area contributed by atoms with Crippen LogP contribution < -0.4 is 0 Å². The largest absolute Gasteiger partial charge is 0.477 e. The van der Waals surface area contributed by atoms with Crippen molar-refractivity contribution in [1.82, 2.24) is 0 Å². The van der Waals surface area contributed by atoms with E-state index in [-0.39, 0.29) is 22.8 Å². The molecule has 0 unspecified atom stereocenters. The van der Waals surface area contributed by atoms with Gasteiger partial charge in [-0.3, -0.25) is 10.1 Å². The molecule has 1 aromatic heterocycles. The molecule has 0 amide bonds. The van der Waals surface area contributed by atoms with Crippen LogP contribution in [0.3, 0.4) is 0 Å². The minimum atomic E-state index is -1.37. The zero-order valence-corrected chi connectivity index (χ0v) is 10.5. The molecule has 1 N–H and O–H groups in total. The molecule has 1 heterocycles. The standard InChI is InChI=1S/C14H8N2O5/c15-8-9(14(17)18)7-10-5-6-13(21-10)11-3-1-2-4-12(11)16(19)20/h1-7H,(H,17,18)/b9-7+. The lowest BCUT2D eigenvalue weighted by atomic mass is 10.1. The van der Waals surface area contributed by atoms with E-state index in [9.17, 15) is 14.9 Å². The van der Waals surface area contributed by atoms with Crippen LogP contribution in [0.4, 0.5) is 5.69 Å². The summed E-state index contributed by atoms with van der Waals surface area (Å²) in [5.74, 6) is -1.03. The molecule has 21 heavy (non-hydrogen) atoms. The molecule has 0 atom stereocenters. The maximum atomic E-state index is 10.9. The monoisotopic (exact) mass is 284 g/mol. The van der Waals surface area contributed by atoms with E-state index in [1.807, 2.05) is 0 Å². The fourth-order valence-electron chi connectivity index (χ4n) is 1.70. The summed E-state index contributed by atoms with van der Waals surface area (Å²) in [6.07, 6.45) is 1.06. The third-order valence-electron chi connectivity index (χ3n) is 2.63. The lowest BCUT2D eigenvalue weighted by Gasteiger charge is -1.98. The number of carboxylic acid groups (broad SMARTS) is 1. The highest BCUT2D eigenvalue weighted by Gasteiger charge is 2.17. The number of rotatable bonds is 4. The number of nitrogens with zero attached hydrogens (tertiary/aromatic N) is 2. The summed E-state index contributed by atoms with van der Waals surface area (Å²) in [5.41, 5.74) is -0.337. The summed E-state index contributed by atoms with van der Waals surface area (Å²) in [6, 6.07) is 10.4. The van der Waals surface area contributed by atoms with Gasteiger partial charge in [-0.1, -0.05) is 12.1 Å². The molecule has 104 valence electrons. The normalized spacial score (nSPS) is 10.9. The molecule has 0 spiro atoms. The molecule has 7 nitrogen and oxygen atoms in total. The van der Waals surface area contributed by atoms with Gasteiger partial charge < -0.3 is 9.52 Å². The van der Waals surface area contributed by atoms with Gasteiger partial charge in [0.25, 0.3) is 5.69 Å². The number of nitro groups is 1. The molecular formula is C14H8N2O5. The quantitative estimate of drug-likeness (QED) is 0.399. The number of carbonyl (C=O) groups is 1. The average Bonchev–Trinajstić information content (AvgIpc) is 2.92. The Labute approximate surface area is 118 Å². The number of furan rings is 1. The van der Waals surface area contributed by atoms with Crippen LogP contribution in [0.2, 0.25) is 0 Å². The van der Waals surface area contributed by atoms with Crippen molar-refractivity contribution >= 4 is 17.7 Å². The molecular weight excluding hydrogens is 276 g/mol. The van der Waals surface area contributed by atoms with Crippen molar-refractivity contribution in [2.24, 2.45) is 0 Å². The molecule has 0 saturated heterocycles. The fourth-order valence-corrected chi connectivity index (χ4v) is 1.70. The second kappa shape index (κ2) is 5.71. The van der Waals surface area contributed by atoms with Gasteiger partial charge in [-0.15, -0.1) is 0 Å². The zero-order chi connectivity index (χ0) is 15.4. The van der Waals surface area contributed by atoms with Crippen molar-refractivity contribution in [1.29, 1.82) is 5.26 Å². The van der Waals surface area contributed by atoms with E-state index in [0.29, 0.717) is 0 Å². The van der Waals surface area contributed by atoms with Gasteiger partial charge in [0.05, 0.1) is 10.5 Å². The van der Waals surface area contributed by atoms with E-state index in [2.05, 4.69) is 0 Å². The van der Waals surface area contributed by atoms with Gasteiger partial charge in [0.1, 0.15) is 23.2 Å². The molecule has 1 aromatic carbocycles. The number of hydrogen-bond acceptors (Lipinski definition) is 5. The van der Waals surface area contributed by atoms with E-state index in [1.165, 1.54) is 36.4 Å². The molecule has 0 saturated carbocycles. The van der Waals surface area contributed by atoms with Crippen LogP contribution in [-0.4, -0.2) is 16.0 Å². The molecule has 0 aliphatic rings. The molecule has 0 bridgehead atoms. The Bertz CT molecular complexity index is 783. The minimum Gasteiger partial charge on any atom is -0.477 e. The van der Waals surface area contributed by atoms with E-state index in [4.69, 9.17) is 14.8 Å². The number of carboxylic acids is 1. The van der Waals surface area contributed by atoms with Crippen LogP contribution in [0.15, 0.2) is 46.4 Å². The van der Waals surface area contributed by atoms with E-state index in [1.54, 1.807) is 6.07 Å². The van der Waals surface area contributed by atoms with Crippen LogP contribution in [0.1, 0.15) is 5.76 Å². The first-order valence-corrected chi connectivity index (χ1v) is 5.71. The van der Waals surface area contributed by atoms with Crippen LogP contribution in [0, 0.1) is 21.4 Å². The molecule has 0 radical (unpaired) electrons. The third kappa shape index (κ3) is 2.96. The van der Waals surface area contributed by atoms with Crippen molar-refractivity contribution in [3.63, 3.8) is 0 Å². The van der Waals surface area contributed by atoms with Gasteiger partial charge in [-0.2, -0.15) is 5.26 Å². The van der Waals surface area contributed by atoms with Crippen molar-refractivity contribution in [3.05, 3.63) is 57.8 Å². The lowest BCUT2D eigenvalue weighted by molar-refractivity contribution is -0.384. The number of nitriles is 1. The van der Waals surface area contributed by atoms with Crippen LogP contribution in [0.25, 0.3) is 17.4 Å². The van der Waals surface area contributed by atoms with Gasteiger partial charge in [0, 0.05) is 12.1 Å². The highest BCUT2D eigenvalue weighted by Crippen LogP contribution is 2.31. The van der Waals surface area contributed by atoms with Crippen molar-refractivity contribution < 1.29 is 19.2 Å². The van der Waals surface area contributed by atoms with Gasteiger partial charge in [-0.05, 0) is 18.2 Å². The Morgan fingerprint density at radius 1 is 1.33 bits per heavy atom. The number of benzene rings is 1. The first-order valence-electron chi connectivity index (χ1n) is 5.71. The predicted molar refractivity (Wildman–Crippen MR) is 72.0 cm³/mol. The number of aliphatic carboxylic acids is 1. The molecule has 0 fully saturated rings. The number of para-hydroxylation sites is 1. The van der Waals surface area contributed by atoms with Crippen LogP contribution >= 0.6 is 0 Å². The SMILES string of the molecule is N#C/C(=C\c1ccc(-c2ccccc2[N+](=O)[O-])o1)C(=O)O. The number of nitro benzene ring substituents is 1. The third-order valence-corrected chi connectivity index (χ3v) is 2.63. The Hall–Kier alpha value is -3.40. The predicted octanol–water partition coefficient (Wildman–Crippen LogP) is 2.85. The average molecular weight is 284 g/mol. The minimum absolute atomic E-state index is 0.124. The Morgan fingerprint density at radius 3 is 2.67 bits per heavy atom. The first kappa shape index (κ1) is 14.0. The van der Waals surface area contributed by atoms with Crippen LogP contribution in [-0.2, 0) is 4.79 Å². The van der Waals surface area contributed by atoms with Gasteiger partial charge in [0.15, 0.2) is 0 Å². The molecule has 2 aromatic rings. The maximum Gasteiger partial charge on any atom is 0.346 e. The van der Waals surface area contributed by atoms with Gasteiger partial charge >= 0.3 is 5.97 Å².